The van der Waals surface area contributed by atoms with Crippen LogP contribution in [0.15, 0.2) is 47.3 Å². The molecular weight excluding hydrogens is 452 g/mol. The maximum Gasteiger partial charge on any atom is 0.145 e. The summed E-state index contributed by atoms with van der Waals surface area (Å²) in [5, 5.41) is 8.58. The van der Waals surface area contributed by atoms with Gasteiger partial charge < -0.3 is 15.2 Å². The van der Waals surface area contributed by atoms with Crippen molar-refractivity contribution in [2.45, 2.75) is 38.1 Å². The van der Waals surface area contributed by atoms with Gasteiger partial charge in [0.05, 0.1) is 15.4 Å². The molecule has 0 radical (unpaired) electrons. The molecule has 7 heteroatoms. The summed E-state index contributed by atoms with van der Waals surface area (Å²) in [5.74, 6) is 2.53. The number of aromatic nitrogens is 4. The highest BCUT2D eigenvalue weighted by molar-refractivity contribution is 9.10. The molecule has 31 heavy (non-hydrogen) atoms. The molecule has 0 spiro atoms. The van der Waals surface area contributed by atoms with E-state index in [2.05, 4.69) is 77.6 Å². The van der Waals surface area contributed by atoms with Gasteiger partial charge in [-0.05, 0) is 77.7 Å². The fourth-order valence-corrected chi connectivity index (χ4v) is 5.45. The highest BCUT2D eigenvalue weighted by Gasteiger charge is 2.27. The summed E-state index contributed by atoms with van der Waals surface area (Å²) in [6, 6.07) is 11.5. The molecule has 1 saturated carbocycles. The van der Waals surface area contributed by atoms with Crippen LogP contribution < -0.4 is 10.6 Å². The second kappa shape index (κ2) is 8.46. The first-order valence-corrected chi connectivity index (χ1v) is 11.7. The number of aryl methyl sites for hydroxylation is 1. The molecule has 1 fully saturated rings. The Bertz CT molecular complexity index is 1230. The van der Waals surface area contributed by atoms with Gasteiger partial charge >= 0.3 is 0 Å². The standard InChI is InChI=1S/C24H27BrN6/c1-26-22-19-9-10-31(24(19)29-14-28-22)18-8-6-15(11-18)3-4-16-5-7-17-13-20(25)23(27-2)30-21(17)12-16/h5,7,9-10,12-15,18H,3-4,6,8,11H2,1-2H3,(H,27,30)(H,26,28,29). The number of hydrogen-bond acceptors (Lipinski definition) is 5. The van der Waals surface area contributed by atoms with Crippen molar-refractivity contribution in [3.63, 3.8) is 0 Å². The van der Waals surface area contributed by atoms with E-state index in [1.165, 1.54) is 31.2 Å². The molecule has 2 unspecified atom stereocenters. The summed E-state index contributed by atoms with van der Waals surface area (Å²) in [5.41, 5.74) is 3.45. The molecule has 160 valence electrons. The second-order valence-electron chi connectivity index (χ2n) is 8.40. The number of nitrogens with one attached hydrogen (secondary N) is 2. The van der Waals surface area contributed by atoms with Crippen LogP contribution in [0.2, 0.25) is 0 Å². The van der Waals surface area contributed by atoms with Crippen molar-refractivity contribution in [3.8, 4) is 0 Å². The van der Waals surface area contributed by atoms with Crippen LogP contribution in [0.3, 0.4) is 0 Å². The number of halogens is 1. The number of pyridine rings is 1. The van der Waals surface area contributed by atoms with Crippen LogP contribution >= 0.6 is 15.9 Å². The average Bonchev–Trinajstić information content (AvgIpc) is 3.43. The highest BCUT2D eigenvalue weighted by Crippen LogP contribution is 2.39. The molecule has 4 aromatic rings. The molecule has 5 rings (SSSR count). The van der Waals surface area contributed by atoms with Crippen LogP contribution in [-0.4, -0.2) is 33.6 Å². The topological polar surface area (TPSA) is 67.7 Å². The van der Waals surface area contributed by atoms with Gasteiger partial charge in [-0.15, -0.1) is 0 Å². The normalized spacial score (nSPS) is 18.7. The van der Waals surface area contributed by atoms with Crippen molar-refractivity contribution in [2.75, 3.05) is 24.7 Å². The third kappa shape index (κ3) is 3.87. The fourth-order valence-electron chi connectivity index (χ4n) is 4.92. The van der Waals surface area contributed by atoms with Crippen LogP contribution in [-0.2, 0) is 6.42 Å². The smallest absolute Gasteiger partial charge is 0.145 e. The molecule has 0 bridgehead atoms. The summed E-state index contributed by atoms with van der Waals surface area (Å²) < 4.78 is 3.35. The largest absolute Gasteiger partial charge is 0.372 e. The minimum Gasteiger partial charge on any atom is -0.372 e. The van der Waals surface area contributed by atoms with Crippen LogP contribution in [0.5, 0.6) is 0 Å². The lowest BCUT2D eigenvalue weighted by Gasteiger charge is -2.15. The number of nitrogens with zero attached hydrogens (tertiary/aromatic N) is 4. The number of fused-ring (bicyclic) bond motifs is 2. The Morgan fingerprint density at radius 2 is 1.94 bits per heavy atom. The minimum atomic E-state index is 0.524. The van der Waals surface area contributed by atoms with Crippen molar-refractivity contribution in [2.24, 2.45) is 5.92 Å². The summed E-state index contributed by atoms with van der Waals surface area (Å²) in [6.07, 6.45) is 9.85. The Morgan fingerprint density at radius 3 is 2.77 bits per heavy atom. The van der Waals surface area contributed by atoms with E-state index in [0.717, 1.165) is 50.4 Å². The van der Waals surface area contributed by atoms with Crippen molar-refractivity contribution < 1.29 is 0 Å². The van der Waals surface area contributed by atoms with Crippen molar-refractivity contribution >= 4 is 49.5 Å². The van der Waals surface area contributed by atoms with Gasteiger partial charge in [0.1, 0.15) is 23.6 Å². The average molecular weight is 479 g/mol. The van der Waals surface area contributed by atoms with Crippen LogP contribution in [0.1, 0.15) is 37.3 Å². The molecule has 1 aromatic carbocycles. The molecule has 0 amide bonds. The predicted molar refractivity (Wildman–Crippen MR) is 131 cm³/mol. The second-order valence-corrected chi connectivity index (χ2v) is 9.25. The number of anilines is 2. The van der Waals surface area contributed by atoms with Crippen LogP contribution in [0.25, 0.3) is 21.9 Å². The minimum absolute atomic E-state index is 0.524. The molecule has 3 aromatic heterocycles. The number of hydrogen-bond donors (Lipinski definition) is 2. The summed E-state index contributed by atoms with van der Waals surface area (Å²) >= 11 is 3.58. The van der Waals surface area contributed by atoms with Gasteiger partial charge in [-0.2, -0.15) is 0 Å². The Balaban J connectivity index is 1.27. The van der Waals surface area contributed by atoms with Gasteiger partial charge in [-0.1, -0.05) is 12.1 Å². The molecule has 6 nitrogen and oxygen atoms in total. The molecule has 0 saturated heterocycles. The molecule has 0 aliphatic heterocycles. The van der Waals surface area contributed by atoms with Gasteiger partial charge in [-0.3, -0.25) is 0 Å². The monoisotopic (exact) mass is 478 g/mol. The predicted octanol–water partition coefficient (Wildman–Crippen LogP) is 5.80. The third-order valence-corrected chi connectivity index (χ3v) is 7.17. The summed E-state index contributed by atoms with van der Waals surface area (Å²) in [4.78, 5) is 13.6. The van der Waals surface area contributed by atoms with E-state index in [9.17, 15) is 0 Å². The van der Waals surface area contributed by atoms with E-state index >= 15 is 0 Å². The van der Waals surface area contributed by atoms with Gasteiger partial charge in [0, 0.05) is 31.7 Å². The Labute approximate surface area is 190 Å². The van der Waals surface area contributed by atoms with Gasteiger partial charge in [0.2, 0.25) is 0 Å². The van der Waals surface area contributed by atoms with Crippen LogP contribution in [0, 0.1) is 5.92 Å². The molecular formula is C24H27BrN6. The Hall–Kier alpha value is -2.67. The van der Waals surface area contributed by atoms with Gasteiger partial charge in [0.15, 0.2) is 0 Å². The van der Waals surface area contributed by atoms with Gasteiger partial charge in [-0.25, -0.2) is 15.0 Å². The maximum absolute atomic E-state index is 4.74. The quantitative estimate of drug-likeness (QED) is 0.366. The lowest BCUT2D eigenvalue weighted by molar-refractivity contribution is 0.461. The number of benzene rings is 1. The summed E-state index contributed by atoms with van der Waals surface area (Å²) in [6.45, 7) is 0. The molecule has 2 N–H and O–H groups in total. The third-order valence-electron chi connectivity index (χ3n) is 6.57. The van der Waals surface area contributed by atoms with Gasteiger partial charge in [0.25, 0.3) is 0 Å². The SMILES string of the molecule is CNc1nc2cc(CCC3CCC(n4ccc5c(NC)ncnc54)C3)ccc2cc1Br. The van der Waals surface area contributed by atoms with E-state index < -0.39 is 0 Å². The summed E-state index contributed by atoms with van der Waals surface area (Å²) in [7, 11) is 3.81. The van der Waals surface area contributed by atoms with E-state index in [1.807, 2.05) is 14.1 Å². The molecule has 2 atom stereocenters. The lowest BCUT2D eigenvalue weighted by Crippen LogP contribution is -2.06. The first kappa shape index (κ1) is 20.2. The zero-order valence-corrected chi connectivity index (χ0v) is 19.5. The zero-order chi connectivity index (χ0) is 21.4. The van der Waals surface area contributed by atoms with E-state index in [4.69, 9.17) is 4.98 Å². The van der Waals surface area contributed by atoms with E-state index in [-0.39, 0.29) is 0 Å². The highest BCUT2D eigenvalue weighted by atomic mass is 79.9. The lowest BCUT2D eigenvalue weighted by atomic mass is 9.97. The molecule has 3 heterocycles. The Morgan fingerprint density at radius 1 is 1.06 bits per heavy atom. The van der Waals surface area contributed by atoms with Crippen molar-refractivity contribution in [1.82, 2.24) is 19.5 Å². The van der Waals surface area contributed by atoms with Crippen molar-refractivity contribution in [3.05, 3.63) is 52.9 Å². The first-order chi connectivity index (χ1) is 15.2. The fraction of sp³-hybridized carbons (Fsp3) is 0.375. The molecule has 1 aliphatic rings. The molecule has 1 aliphatic carbocycles. The van der Waals surface area contributed by atoms with E-state index in [1.54, 1.807) is 6.33 Å². The van der Waals surface area contributed by atoms with E-state index in [0.29, 0.717) is 6.04 Å². The zero-order valence-electron chi connectivity index (χ0n) is 17.9. The Kier molecular flexibility index (Phi) is 5.52. The van der Waals surface area contributed by atoms with Crippen molar-refractivity contribution in [1.29, 1.82) is 0 Å². The first-order valence-electron chi connectivity index (χ1n) is 10.9. The number of rotatable bonds is 6. The van der Waals surface area contributed by atoms with Crippen LogP contribution in [0.4, 0.5) is 11.6 Å². The maximum atomic E-state index is 4.74.